The van der Waals surface area contributed by atoms with Gasteiger partial charge in [-0.2, -0.15) is 0 Å². The Bertz CT molecular complexity index is 229. The van der Waals surface area contributed by atoms with Crippen molar-refractivity contribution in [2.75, 3.05) is 5.33 Å². The molecule has 1 atom stereocenters. The minimum Gasteiger partial charge on any atom is -0.0913 e. The average Bonchev–Trinajstić information content (AvgIpc) is 2.06. The van der Waals surface area contributed by atoms with Crippen LogP contribution in [0.3, 0.4) is 0 Å². The molecule has 12 heavy (non-hydrogen) atoms. The highest BCUT2D eigenvalue weighted by Crippen LogP contribution is 2.24. The van der Waals surface area contributed by atoms with E-state index in [2.05, 4.69) is 63.0 Å². The van der Waals surface area contributed by atoms with E-state index >= 15 is 0 Å². The molecular formula is C10H12Br2. The van der Waals surface area contributed by atoms with Gasteiger partial charge in [0.15, 0.2) is 0 Å². The first-order chi connectivity index (χ1) is 5.64. The zero-order valence-electron chi connectivity index (χ0n) is 7.06. The molecule has 0 spiro atoms. The van der Waals surface area contributed by atoms with Gasteiger partial charge >= 0.3 is 0 Å². The van der Waals surface area contributed by atoms with Gasteiger partial charge in [0.1, 0.15) is 0 Å². The number of hydrogen-bond donors (Lipinski definition) is 0. The van der Waals surface area contributed by atoms with Crippen LogP contribution in [0.15, 0.2) is 30.3 Å². The van der Waals surface area contributed by atoms with Gasteiger partial charge in [-0.1, -0.05) is 62.2 Å². The SMILES string of the molecule is C[C@](Br)(CBr)Cc1ccccc1. The van der Waals surface area contributed by atoms with Crippen LogP contribution in [0.4, 0.5) is 0 Å². The molecule has 0 saturated carbocycles. The highest BCUT2D eigenvalue weighted by molar-refractivity contribution is 9.12. The summed E-state index contributed by atoms with van der Waals surface area (Å²) in [5, 5.41) is 0.967. The number of benzene rings is 1. The van der Waals surface area contributed by atoms with Crippen molar-refractivity contribution in [3.63, 3.8) is 0 Å². The van der Waals surface area contributed by atoms with Gasteiger partial charge in [-0.3, -0.25) is 0 Å². The fraction of sp³-hybridized carbons (Fsp3) is 0.400. The predicted molar refractivity (Wildman–Crippen MR) is 61.3 cm³/mol. The highest BCUT2D eigenvalue weighted by atomic mass is 79.9. The maximum atomic E-state index is 3.67. The molecule has 0 fully saturated rings. The number of alkyl halides is 2. The van der Waals surface area contributed by atoms with E-state index in [1.807, 2.05) is 6.07 Å². The molecule has 0 radical (unpaired) electrons. The van der Waals surface area contributed by atoms with Crippen LogP contribution in [0.5, 0.6) is 0 Å². The van der Waals surface area contributed by atoms with Crippen LogP contribution in [0.1, 0.15) is 12.5 Å². The smallest absolute Gasteiger partial charge is 0.0366 e. The summed E-state index contributed by atoms with van der Waals surface area (Å²) in [5.74, 6) is 0. The molecule has 0 N–H and O–H groups in total. The fourth-order valence-corrected chi connectivity index (χ4v) is 1.59. The first-order valence-electron chi connectivity index (χ1n) is 3.93. The summed E-state index contributed by atoms with van der Waals surface area (Å²) in [4.78, 5) is 0. The summed E-state index contributed by atoms with van der Waals surface area (Å²) in [7, 11) is 0. The lowest BCUT2D eigenvalue weighted by atomic mass is 10.0. The third-order valence-corrected chi connectivity index (χ3v) is 4.24. The van der Waals surface area contributed by atoms with Gasteiger partial charge in [0, 0.05) is 9.65 Å². The maximum absolute atomic E-state index is 3.67. The Balaban J connectivity index is 2.64. The molecule has 0 aliphatic carbocycles. The van der Waals surface area contributed by atoms with Crippen molar-refractivity contribution < 1.29 is 0 Å². The van der Waals surface area contributed by atoms with Gasteiger partial charge in [-0.05, 0) is 18.9 Å². The van der Waals surface area contributed by atoms with Crippen LogP contribution in [0.2, 0.25) is 0 Å². The van der Waals surface area contributed by atoms with Crippen LogP contribution in [-0.2, 0) is 6.42 Å². The number of rotatable bonds is 3. The summed E-state index contributed by atoms with van der Waals surface area (Å²) in [5.41, 5.74) is 1.37. The van der Waals surface area contributed by atoms with E-state index in [0.717, 1.165) is 11.8 Å². The van der Waals surface area contributed by atoms with Crippen molar-refractivity contribution in [3.8, 4) is 0 Å². The second-order valence-electron chi connectivity index (χ2n) is 3.21. The second-order valence-corrected chi connectivity index (χ2v) is 5.68. The van der Waals surface area contributed by atoms with Gasteiger partial charge in [-0.25, -0.2) is 0 Å². The summed E-state index contributed by atoms with van der Waals surface area (Å²) in [6.07, 6.45) is 1.05. The zero-order chi connectivity index (χ0) is 9.03. The Morgan fingerprint density at radius 3 is 2.33 bits per heavy atom. The largest absolute Gasteiger partial charge is 0.0913 e. The Morgan fingerprint density at radius 2 is 1.83 bits per heavy atom. The van der Waals surface area contributed by atoms with Crippen molar-refractivity contribution in [2.45, 2.75) is 17.7 Å². The van der Waals surface area contributed by atoms with Crippen molar-refractivity contribution in [1.29, 1.82) is 0 Å². The Kier molecular flexibility index (Phi) is 3.78. The normalized spacial score (nSPS) is 15.6. The fourth-order valence-electron chi connectivity index (χ4n) is 1.07. The minimum atomic E-state index is 0.175. The third kappa shape index (κ3) is 3.28. The quantitative estimate of drug-likeness (QED) is 0.744. The molecule has 0 amide bonds. The summed E-state index contributed by atoms with van der Waals surface area (Å²) in [6, 6.07) is 10.5. The molecule has 66 valence electrons. The van der Waals surface area contributed by atoms with Gasteiger partial charge in [0.05, 0.1) is 0 Å². The molecule has 1 aromatic carbocycles. The lowest BCUT2D eigenvalue weighted by Crippen LogP contribution is -2.20. The predicted octanol–water partition coefficient (Wildman–Crippen LogP) is 3.78. The molecule has 0 unspecified atom stereocenters. The molecule has 0 nitrogen and oxygen atoms in total. The first kappa shape index (κ1) is 10.3. The molecule has 2 heteroatoms. The molecule has 0 aromatic heterocycles. The van der Waals surface area contributed by atoms with E-state index < -0.39 is 0 Å². The minimum absolute atomic E-state index is 0.175. The van der Waals surface area contributed by atoms with Crippen LogP contribution < -0.4 is 0 Å². The highest BCUT2D eigenvalue weighted by Gasteiger charge is 2.18. The van der Waals surface area contributed by atoms with Crippen molar-refractivity contribution >= 4 is 31.9 Å². The lowest BCUT2D eigenvalue weighted by molar-refractivity contribution is 0.740. The van der Waals surface area contributed by atoms with Crippen LogP contribution in [0, 0.1) is 0 Å². The van der Waals surface area contributed by atoms with E-state index in [0.29, 0.717) is 0 Å². The van der Waals surface area contributed by atoms with Gasteiger partial charge in [-0.15, -0.1) is 0 Å². The summed E-state index contributed by atoms with van der Waals surface area (Å²) < 4.78 is 0.175. The van der Waals surface area contributed by atoms with Crippen LogP contribution in [0.25, 0.3) is 0 Å². The molecule has 0 heterocycles. The Morgan fingerprint density at radius 1 is 1.25 bits per heavy atom. The van der Waals surface area contributed by atoms with Crippen molar-refractivity contribution in [1.82, 2.24) is 0 Å². The monoisotopic (exact) mass is 290 g/mol. The Labute approximate surface area is 90.6 Å². The van der Waals surface area contributed by atoms with E-state index in [9.17, 15) is 0 Å². The molecule has 0 aliphatic heterocycles. The van der Waals surface area contributed by atoms with E-state index in [4.69, 9.17) is 0 Å². The zero-order valence-corrected chi connectivity index (χ0v) is 10.2. The van der Waals surface area contributed by atoms with E-state index in [-0.39, 0.29) is 4.32 Å². The van der Waals surface area contributed by atoms with Gasteiger partial charge in [0.2, 0.25) is 0 Å². The Hall–Kier alpha value is 0.180. The molecule has 0 bridgehead atoms. The average molecular weight is 292 g/mol. The molecule has 1 rings (SSSR count). The molecular weight excluding hydrogens is 280 g/mol. The van der Waals surface area contributed by atoms with Crippen molar-refractivity contribution in [3.05, 3.63) is 35.9 Å². The standard InChI is InChI=1S/C10H12Br2/c1-10(12,8-11)7-9-5-3-2-4-6-9/h2-6H,7-8H2,1H3/t10-/m1/s1. The molecule has 0 aliphatic rings. The molecule has 0 saturated heterocycles. The summed E-state index contributed by atoms with van der Waals surface area (Å²) >= 11 is 7.15. The third-order valence-electron chi connectivity index (χ3n) is 1.69. The van der Waals surface area contributed by atoms with Gasteiger partial charge < -0.3 is 0 Å². The van der Waals surface area contributed by atoms with E-state index in [1.165, 1.54) is 5.56 Å². The second kappa shape index (κ2) is 4.43. The van der Waals surface area contributed by atoms with Gasteiger partial charge in [0.25, 0.3) is 0 Å². The maximum Gasteiger partial charge on any atom is 0.0366 e. The number of hydrogen-bond acceptors (Lipinski definition) is 0. The lowest BCUT2D eigenvalue weighted by Gasteiger charge is -2.18. The molecule has 1 aromatic rings. The van der Waals surface area contributed by atoms with E-state index in [1.54, 1.807) is 0 Å². The van der Waals surface area contributed by atoms with Crippen molar-refractivity contribution in [2.24, 2.45) is 0 Å². The topological polar surface area (TPSA) is 0 Å². The first-order valence-corrected chi connectivity index (χ1v) is 5.84. The number of halogens is 2. The summed E-state index contributed by atoms with van der Waals surface area (Å²) in [6.45, 7) is 2.19. The van der Waals surface area contributed by atoms with Crippen LogP contribution in [-0.4, -0.2) is 9.65 Å². The van der Waals surface area contributed by atoms with Crippen LogP contribution >= 0.6 is 31.9 Å².